The van der Waals surface area contributed by atoms with Gasteiger partial charge in [0.2, 0.25) is 0 Å². The van der Waals surface area contributed by atoms with Gasteiger partial charge in [0.25, 0.3) is 0 Å². The van der Waals surface area contributed by atoms with E-state index in [1.807, 2.05) is 6.20 Å². The van der Waals surface area contributed by atoms with Gasteiger partial charge in [-0.1, -0.05) is 0 Å². The van der Waals surface area contributed by atoms with Gasteiger partial charge in [0.15, 0.2) is 0 Å². The molecule has 0 aliphatic carbocycles. The number of aromatic nitrogens is 2. The lowest BCUT2D eigenvalue weighted by Crippen LogP contribution is -2.58. The van der Waals surface area contributed by atoms with Crippen LogP contribution in [0, 0.1) is 3.57 Å². The molecule has 96 valence electrons. The molecule has 4 heteroatoms. The van der Waals surface area contributed by atoms with Crippen molar-refractivity contribution in [2.24, 2.45) is 0 Å². The van der Waals surface area contributed by atoms with Crippen molar-refractivity contribution in [3.63, 3.8) is 0 Å². The van der Waals surface area contributed by atoms with Crippen molar-refractivity contribution in [3.05, 3.63) is 16.0 Å². The first-order valence-electron chi connectivity index (χ1n) is 6.16. The van der Waals surface area contributed by atoms with Crippen molar-refractivity contribution in [2.45, 2.75) is 57.7 Å². The fraction of sp³-hybridized carbons (Fsp3) is 0.769. The van der Waals surface area contributed by atoms with Crippen LogP contribution in [0.3, 0.4) is 0 Å². The second-order valence-electron chi connectivity index (χ2n) is 6.38. The summed E-state index contributed by atoms with van der Waals surface area (Å²) in [6.07, 6.45) is 6.41. The average Bonchev–Trinajstić information content (AvgIpc) is 2.60. The fourth-order valence-corrected chi connectivity index (χ4v) is 3.43. The summed E-state index contributed by atoms with van der Waals surface area (Å²) in [5, 5.41) is 4.49. The topological polar surface area (TPSA) is 21.1 Å². The van der Waals surface area contributed by atoms with Gasteiger partial charge in [-0.05, 0) is 70.2 Å². The summed E-state index contributed by atoms with van der Waals surface area (Å²) >= 11 is 2.32. The highest BCUT2D eigenvalue weighted by molar-refractivity contribution is 14.1. The smallest absolute Gasteiger partial charge is 0.0623 e. The number of hydrogen-bond acceptors (Lipinski definition) is 2. The van der Waals surface area contributed by atoms with Crippen molar-refractivity contribution < 1.29 is 0 Å². The Balaban J connectivity index is 2.27. The van der Waals surface area contributed by atoms with E-state index in [0.717, 1.165) is 12.8 Å². The molecule has 0 spiro atoms. The molecule has 1 fully saturated rings. The lowest BCUT2D eigenvalue weighted by atomic mass is 9.77. The summed E-state index contributed by atoms with van der Waals surface area (Å²) in [6.45, 7) is 9.31. The average molecular weight is 347 g/mol. The Hall–Kier alpha value is -0.100. The molecular weight excluding hydrogens is 325 g/mol. The van der Waals surface area contributed by atoms with Crippen LogP contribution in [0.5, 0.6) is 0 Å². The molecule has 1 aromatic heterocycles. The van der Waals surface area contributed by atoms with E-state index in [9.17, 15) is 0 Å². The molecule has 1 saturated heterocycles. The Morgan fingerprint density at radius 1 is 1.24 bits per heavy atom. The van der Waals surface area contributed by atoms with E-state index in [4.69, 9.17) is 0 Å². The predicted molar refractivity (Wildman–Crippen MR) is 79.1 cm³/mol. The summed E-state index contributed by atoms with van der Waals surface area (Å²) in [7, 11) is 2.24. The zero-order valence-electron chi connectivity index (χ0n) is 11.4. The van der Waals surface area contributed by atoms with Gasteiger partial charge in [-0.25, -0.2) is 0 Å². The molecule has 0 radical (unpaired) electrons. The molecule has 3 nitrogen and oxygen atoms in total. The second kappa shape index (κ2) is 4.23. The monoisotopic (exact) mass is 347 g/mol. The van der Waals surface area contributed by atoms with Crippen LogP contribution in [0.2, 0.25) is 0 Å². The zero-order valence-corrected chi connectivity index (χ0v) is 13.5. The van der Waals surface area contributed by atoms with E-state index in [1.165, 1.54) is 3.57 Å². The summed E-state index contributed by atoms with van der Waals surface area (Å²) < 4.78 is 3.37. The van der Waals surface area contributed by atoms with E-state index in [0.29, 0.717) is 6.04 Å². The third-order valence-electron chi connectivity index (χ3n) is 4.23. The van der Waals surface area contributed by atoms with Gasteiger partial charge in [-0.15, -0.1) is 0 Å². The maximum Gasteiger partial charge on any atom is 0.0623 e. The van der Waals surface area contributed by atoms with Crippen LogP contribution in [-0.2, 0) is 0 Å². The van der Waals surface area contributed by atoms with E-state index < -0.39 is 0 Å². The van der Waals surface area contributed by atoms with Crippen molar-refractivity contribution in [2.75, 3.05) is 7.05 Å². The molecule has 0 saturated carbocycles. The van der Waals surface area contributed by atoms with Crippen LogP contribution in [0.15, 0.2) is 12.4 Å². The minimum atomic E-state index is 0.226. The molecule has 1 aromatic rings. The van der Waals surface area contributed by atoms with Crippen LogP contribution in [-0.4, -0.2) is 32.8 Å². The molecule has 1 aliphatic heterocycles. The van der Waals surface area contributed by atoms with Crippen molar-refractivity contribution >= 4 is 22.6 Å². The summed E-state index contributed by atoms with van der Waals surface area (Å²) in [5.74, 6) is 0. The summed E-state index contributed by atoms with van der Waals surface area (Å²) in [5.41, 5.74) is 0.452. The molecule has 2 heterocycles. The van der Waals surface area contributed by atoms with E-state index >= 15 is 0 Å². The third-order valence-corrected chi connectivity index (χ3v) is 4.79. The van der Waals surface area contributed by atoms with Crippen LogP contribution < -0.4 is 0 Å². The molecule has 0 unspecified atom stereocenters. The molecule has 0 N–H and O–H groups in total. The van der Waals surface area contributed by atoms with E-state index in [2.05, 4.69) is 78.2 Å². The minimum absolute atomic E-state index is 0.226. The standard InChI is InChI=1S/C13H22IN3/c1-12(2)6-11(7-13(3,4)16(12)5)17-9-10(14)8-15-17/h8-9,11H,6-7H2,1-5H3. The van der Waals surface area contributed by atoms with Gasteiger partial charge in [0.05, 0.1) is 15.8 Å². The largest absolute Gasteiger partial charge is 0.296 e. The Bertz CT molecular complexity index is 391. The van der Waals surface area contributed by atoms with Crippen molar-refractivity contribution in [1.82, 2.24) is 14.7 Å². The van der Waals surface area contributed by atoms with Crippen LogP contribution in [0.25, 0.3) is 0 Å². The lowest BCUT2D eigenvalue weighted by molar-refractivity contribution is -0.0285. The van der Waals surface area contributed by atoms with Crippen LogP contribution in [0.1, 0.15) is 46.6 Å². The molecule has 0 amide bonds. The SMILES string of the molecule is CN1C(C)(C)CC(n2cc(I)cn2)CC1(C)C. The fourth-order valence-electron chi connectivity index (χ4n) is 3.02. The number of hydrogen-bond donors (Lipinski definition) is 0. The second-order valence-corrected chi connectivity index (χ2v) is 7.63. The predicted octanol–water partition coefficient (Wildman–Crippen LogP) is 3.31. The Kier molecular flexibility index (Phi) is 3.32. The number of piperidine rings is 1. The summed E-state index contributed by atoms with van der Waals surface area (Å²) in [4.78, 5) is 2.50. The van der Waals surface area contributed by atoms with Gasteiger partial charge in [0, 0.05) is 17.3 Å². The molecular formula is C13H22IN3. The van der Waals surface area contributed by atoms with E-state index in [-0.39, 0.29) is 11.1 Å². The van der Waals surface area contributed by atoms with Crippen LogP contribution in [0.4, 0.5) is 0 Å². The highest BCUT2D eigenvalue weighted by Gasteiger charge is 2.43. The lowest BCUT2D eigenvalue weighted by Gasteiger charge is -2.53. The quantitative estimate of drug-likeness (QED) is 0.727. The number of halogens is 1. The number of likely N-dealkylation sites (tertiary alicyclic amines) is 1. The van der Waals surface area contributed by atoms with Crippen LogP contribution >= 0.6 is 22.6 Å². The van der Waals surface area contributed by atoms with Gasteiger partial charge in [-0.2, -0.15) is 5.10 Å². The maximum atomic E-state index is 4.49. The van der Waals surface area contributed by atoms with Crippen molar-refractivity contribution in [3.8, 4) is 0 Å². The first-order chi connectivity index (χ1) is 7.72. The normalized spacial score (nSPS) is 25.1. The Morgan fingerprint density at radius 3 is 2.18 bits per heavy atom. The highest BCUT2D eigenvalue weighted by atomic mass is 127. The Morgan fingerprint density at radius 2 is 1.76 bits per heavy atom. The first-order valence-corrected chi connectivity index (χ1v) is 7.24. The zero-order chi connectivity index (χ0) is 12.8. The molecule has 0 bridgehead atoms. The molecule has 17 heavy (non-hydrogen) atoms. The first kappa shape index (κ1) is 13.3. The number of rotatable bonds is 1. The van der Waals surface area contributed by atoms with Gasteiger partial charge in [0.1, 0.15) is 0 Å². The molecule has 0 aromatic carbocycles. The minimum Gasteiger partial charge on any atom is -0.296 e. The molecule has 2 rings (SSSR count). The van der Waals surface area contributed by atoms with Gasteiger partial charge < -0.3 is 0 Å². The maximum absolute atomic E-state index is 4.49. The third kappa shape index (κ3) is 2.52. The Labute approximate surface area is 118 Å². The molecule has 0 atom stereocenters. The summed E-state index contributed by atoms with van der Waals surface area (Å²) in [6, 6.07) is 0.514. The van der Waals surface area contributed by atoms with Crippen molar-refractivity contribution in [1.29, 1.82) is 0 Å². The van der Waals surface area contributed by atoms with Gasteiger partial charge in [-0.3, -0.25) is 9.58 Å². The van der Waals surface area contributed by atoms with Gasteiger partial charge >= 0.3 is 0 Å². The highest BCUT2D eigenvalue weighted by Crippen LogP contribution is 2.42. The molecule has 1 aliphatic rings. The number of nitrogens with zero attached hydrogens (tertiary/aromatic N) is 3. The van der Waals surface area contributed by atoms with E-state index in [1.54, 1.807) is 0 Å².